The van der Waals surface area contributed by atoms with E-state index in [1.54, 1.807) is 0 Å². The van der Waals surface area contributed by atoms with E-state index in [1.165, 1.54) is 0 Å². The van der Waals surface area contributed by atoms with Crippen LogP contribution in [0.15, 0.2) is 36.4 Å². The standard InChI is InChI=1S/C28H37N5O3/c1-19-16-33(17-20(2)36-19)27-30-25-23(26(31-27)32-12-14-34-15-13-32)10-11-24(29-25)21-6-8-22(9-7-21)35-18-28(3,4)5/h6-11,19-20H,12-18H2,1-5H3. The van der Waals surface area contributed by atoms with E-state index in [2.05, 4.69) is 68.7 Å². The van der Waals surface area contributed by atoms with Crippen molar-refractivity contribution >= 4 is 22.8 Å². The molecule has 2 fully saturated rings. The summed E-state index contributed by atoms with van der Waals surface area (Å²) in [7, 11) is 0. The van der Waals surface area contributed by atoms with Gasteiger partial charge in [0.15, 0.2) is 5.65 Å². The summed E-state index contributed by atoms with van der Waals surface area (Å²) in [5, 5.41) is 0.962. The van der Waals surface area contributed by atoms with Crippen molar-refractivity contribution in [3.63, 3.8) is 0 Å². The van der Waals surface area contributed by atoms with Gasteiger partial charge in [-0.1, -0.05) is 20.8 Å². The molecule has 0 bridgehead atoms. The summed E-state index contributed by atoms with van der Waals surface area (Å²) in [5.41, 5.74) is 2.73. The van der Waals surface area contributed by atoms with Gasteiger partial charge in [-0.2, -0.15) is 9.97 Å². The number of rotatable bonds is 5. The molecule has 0 N–H and O–H groups in total. The maximum atomic E-state index is 5.94. The van der Waals surface area contributed by atoms with Gasteiger partial charge in [-0.05, 0) is 55.7 Å². The molecule has 36 heavy (non-hydrogen) atoms. The van der Waals surface area contributed by atoms with E-state index in [9.17, 15) is 0 Å². The highest BCUT2D eigenvalue weighted by atomic mass is 16.5. The van der Waals surface area contributed by atoms with Gasteiger partial charge in [-0.15, -0.1) is 0 Å². The number of pyridine rings is 1. The normalized spacial score (nSPS) is 21.1. The van der Waals surface area contributed by atoms with Crippen LogP contribution in [0.5, 0.6) is 5.75 Å². The molecule has 192 valence electrons. The van der Waals surface area contributed by atoms with Crippen molar-refractivity contribution in [1.82, 2.24) is 15.0 Å². The van der Waals surface area contributed by atoms with Crippen LogP contribution in [0.1, 0.15) is 34.6 Å². The second-order valence-corrected chi connectivity index (χ2v) is 11.1. The number of benzene rings is 1. The van der Waals surface area contributed by atoms with E-state index in [4.69, 9.17) is 29.2 Å². The van der Waals surface area contributed by atoms with Gasteiger partial charge < -0.3 is 24.0 Å². The Labute approximate surface area is 213 Å². The molecule has 2 saturated heterocycles. The molecule has 3 aromatic rings. The van der Waals surface area contributed by atoms with E-state index in [0.717, 1.165) is 54.4 Å². The molecule has 8 nitrogen and oxygen atoms in total. The van der Waals surface area contributed by atoms with Gasteiger partial charge >= 0.3 is 0 Å². The van der Waals surface area contributed by atoms with E-state index in [-0.39, 0.29) is 17.6 Å². The van der Waals surface area contributed by atoms with Gasteiger partial charge in [-0.25, -0.2) is 4.98 Å². The number of morpholine rings is 2. The molecule has 8 heteroatoms. The third-order valence-electron chi connectivity index (χ3n) is 6.36. The molecule has 1 aromatic carbocycles. The Bertz CT molecular complexity index is 1180. The van der Waals surface area contributed by atoms with E-state index >= 15 is 0 Å². The summed E-state index contributed by atoms with van der Waals surface area (Å²) in [6.45, 7) is 15.9. The van der Waals surface area contributed by atoms with Crippen molar-refractivity contribution in [1.29, 1.82) is 0 Å². The fourth-order valence-corrected chi connectivity index (χ4v) is 4.66. The Morgan fingerprint density at radius 1 is 0.889 bits per heavy atom. The minimum atomic E-state index is 0.115. The van der Waals surface area contributed by atoms with Crippen LogP contribution < -0.4 is 14.5 Å². The van der Waals surface area contributed by atoms with Crippen molar-refractivity contribution in [2.24, 2.45) is 5.41 Å². The van der Waals surface area contributed by atoms with Gasteiger partial charge in [0.25, 0.3) is 0 Å². The summed E-state index contributed by atoms with van der Waals surface area (Å²) in [5.74, 6) is 2.50. The molecular formula is C28H37N5O3. The highest BCUT2D eigenvalue weighted by molar-refractivity contribution is 5.90. The predicted molar refractivity (Wildman–Crippen MR) is 143 cm³/mol. The summed E-state index contributed by atoms with van der Waals surface area (Å²) in [6, 6.07) is 12.3. The Balaban J connectivity index is 1.50. The van der Waals surface area contributed by atoms with Crippen LogP contribution in [0.2, 0.25) is 0 Å². The van der Waals surface area contributed by atoms with Crippen molar-refractivity contribution in [2.75, 3.05) is 55.8 Å². The van der Waals surface area contributed by atoms with Gasteiger partial charge in [0, 0.05) is 31.7 Å². The third kappa shape index (κ3) is 5.71. The monoisotopic (exact) mass is 491 g/mol. The second-order valence-electron chi connectivity index (χ2n) is 11.1. The lowest BCUT2D eigenvalue weighted by Gasteiger charge is -2.36. The maximum Gasteiger partial charge on any atom is 0.229 e. The summed E-state index contributed by atoms with van der Waals surface area (Å²) >= 11 is 0. The van der Waals surface area contributed by atoms with Crippen LogP contribution in [0.3, 0.4) is 0 Å². The quantitative estimate of drug-likeness (QED) is 0.514. The SMILES string of the molecule is CC1CN(c2nc(N3CCOCC3)c3ccc(-c4ccc(OCC(C)(C)C)cc4)nc3n2)CC(C)O1. The van der Waals surface area contributed by atoms with Crippen LogP contribution in [-0.2, 0) is 9.47 Å². The Morgan fingerprint density at radius 3 is 2.25 bits per heavy atom. The molecule has 4 heterocycles. The van der Waals surface area contributed by atoms with E-state index in [1.807, 2.05) is 12.1 Å². The van der Waals surface area contributed by atoms with E-state index in [0.29, 0.717) is 31.4 Å². The Morgan fingerprint density at radius 2 is 1.58 bits per heavy atom. The first-order valence-corrected chi connectivity index (χ1v) is 12.9. The highest BCUT2D eigenvalue weighted by Crippen LogP contribution is 2.30. The molecule has 0 amide bonds. The largest absolute Gasteiger partial charge is 0.493 e. The lowest BCUT2D eigenvalue weighted by atomic mass is 9.99. The number of hydrogen-bond donors (Lipinski definition) is 0. The fraction of sp³-hybridized carbons (Fsp3) is 0.536. The Hall–Kier alpha value is -2.97. The molecule has 0 radical (unpaired) electrons. The molecule has 5 rings (SSSR count). The van der Waals surface area contributed by atoms with Crippen molar-refractivity contribution in [3.05, 3.63) is 36.4 Å². The van der Waals surface area contributed by atoms with Gasteiger partial charge in [-0.3, -0.25) is 0 Å². The molecule has 0 spiro atoms. The lowest BCUT2D eigenvalue weighted by Crippen LogP contribution is -2.46. The molecule has 2 aromatic heterocycles. The zero-order valence-corrected chi connectivity index (χ0v) is 22.0. The first-order chi connectivity index (χ1) is 17.2. The number of fused-ring (bicyclic) bond motifs is 1. The highest BCUT2D eigenvalue weighted by Gasteiger charge is 2.26. The van der Waals surface area contributed by atoms with Crippen molar-refractivity contribution in [3.8, 4) is 17.0 Å². The summed E-state index contributed by atoms with van der Waals surface area (Å²) in [6.07, 6.45) is 0.247. The van der Waals surface area contributed by atoms with Gasteiger partial charge in [0.1, 0.15) is 11.6 Å². The number of hydrogen-bond acceptors (Lipinski definition) is 8. The smallest absolute Gasteiger partial charge is 0.229 e. The van der Waals surface area contributed by atoms with Crippen LogP contribution in [-0.4, -0.2) is 73.2 Å². The minimum absolute atomic E-state index is 0.115. The average Bonchev–Trinajstić information content (AvgIpc) is 2.86. The first-order valence-electron chi connectivity index (χ1n) is 12.9. The van der Waals surface area contributed by atoms with Crippen LogP contribution in [0.25, 0.3) is 22.3 Å². The molecule has 0 saturated carbocycles. The first kappa shape index (κ1) is 24.7. The van der Waals surface area contributed by atoms with Gasteiger partial charge in [0.05, 0.1) is 43.1 Å². The number of nitrogens with zero attached hydrogens (tertiary/aromatic N) is 5. The molecule has 2 aliphatic heterocycles. The molecule has 2 aliphatic rings. The molecule has 2 unspecified atom stereocenters. The predicted octanol–water partition coefficient (Wildman–Crippen LogP) is 4.57. The molecular weight excluding hydrogens is 454 g/mol. The number of aromatic nitrogens is 3. The number of ether oxygens (including phenoxy) is 3. The number of anilines is 2. The van der Waals surface area contributed by atoms with Gasteiger partial charge in [0.2, 0.25) is 5.95 Å². The minimum Gasteiger partial charge on any atom is -0.493 e. The van der Waals surface area contributed by atoms with Crippen LogP contribution >= 0.6 is 0 Å². The second kappa shape index (κ2) is 10.2. The maximum absolute atomic E-state index is 5.94. The summed E-state index contributed by atoms with van der Waals surface area (Å²) in [4.78, 5) is 19.5. The molecule has 2 atom stereocenters. The zero-order chi connectivity index (χ0) is 25.3. The van der Waals surface area contributed by atoms with Crippen LogP contribution in [0.4, 0.5) is 11.8 Å². The van der Waals surface area contributed by atoms with E-state index < -0.39 is 0 Å². The topological polar surface area (TPSA) is 72.8 Å². The van der Waals surface area contributed by atoms with Crippen molar-refractivity contribution in [2.45, 2.75) is 46.8 Å². The Kier molecular flexibility index (Phi) is 6.99. The zero-order valence-electron chi connectivity index (χ0n) is 22.0. The fourth-order valence-electron chi connectivity index (χ4n) is 4.66. The van der Waals surface area contributed by atoms with Crippen molar-refractivity contribution < 1.29 is 14.2 Å². The third-order valence-corrected chi connectivity index (χ3v) is 6.36. The molecule has 0 aliphatic carbocycles. The van der Waals surface area contributed by atoms with Crippen LogP contribution in [0, 0.1) is 5.41 Å². The lowest BCUT2D eigenvalue weighted by molar-refractivity contribution is -0.00570. The average molecular weight is 492 g/mol. The summed E-state index contributed by atoms with van der Waals surface area (Å²) < 4.78 is 17.5.